The Bertz CT molecular complexity index is 1270. The van der Waals surface area contributed by atoms with Crippen LogP contribution in [0.1, 0.15) is 36.0 Å². The molecule has 0 bridgehead atoms. The van der Waals surface area contributed by atoms with Gasteiger partial charge in [0.05, 0.1) is 28.8 Å². The summed E-state index contributed by atoms with van der Waals surface area (Å²) in [6.07, 6.45) is 1.68. The smallest absolute Gasteiger partial charge is 0.354 e. The first-order valence-corrected chi connectivity index (χ1v) is 12.3. The number of rotatable bonds is 7. The lowest BCUT2D eigenvalue weighted by atomic mass is 9.96. The average molecular weight is 491 g/mol. The van der Waals surface area contributed by atoms with Gasteiger partial charge in [0.2, 0.25) is 11.6 Å². The van der Waals surface area contributed by atoms with Gasteiger partial charge in [-0.2, -0.15) is 5.26 Å². The highest BCUT2D eigenvalue weighted by Gasteiger charge is 2.64. The molecular formula is C25H22N4O5S. The van der Waals surface area contributed by atoms with Crippen molar-refractivity contribution in [2.45, 2.75) is 42.3 Å². The first-order valence-electron chi connectivity index (χ1n) is 11.3. The van der Waals surface area contributed by atoms with Gasteiger partial charge in [-0.05, 0) is 37.1 Å². The number of thioether (sulfide) groups is 1. The van der Waals surface area contributed by atoms with Crippen LogP contribution in [0, 0.1) is 11.3 Å². The molecule has 0 spiro atoms. The molecule has 0 aromatic heterocycles. The van der Waals surface area contributed by atoms with Gasteiger partial charge in [-0.3, -0.25) is 19.3 Å². The van der Waals surface area contributed by atoms with Crippen LogP contribution in [0.2, 0.25) is 0 Å². The number of hydrogen-bond donors (Lipinski definition) is 1. The summed E-state index contributed by atoms with van der Waals surface area (Å²) in [5.41, 5.74) is -0.320. The zero-order valence-corrected chi connectivity index (χ0v) is 19.5. The molecule has 2 aromatic rings. The Hall–Kier alpha value is -3.84. The molecule has 9 nitrogen and oxygen atoms in total. The lowest BCUT2D eigenvalue weighted by molar-refractivity contribution is -0.159. The van der Waals surface area contributed by atoms with Crippen molar-refractivity contribution in [3.8, 4) is 6.07 Å². The molecule has 3 amide bonds. The minimum atomic E-state index is -1.59. The number of para-hydroxylation sites is 2. The van der Waals surface area contributed by atoms with Crippen LogP contribution in [-0.4, -0.2) is 52.7 Å². The minimum Gasteiger partial charge on any atom is -0.452 e. The van der Waals surface area contributed by atoms with Crippen molar-refractivity contribution >= 4 is 46.8 Å². The number of esters is 1. The van der Waals surface area contributed by atoms with Gasteiger partial charge in [0.25, 0.3) is 11.8 Å². The first kappa shape index (κ1) is 22.9. The van der Waals surface area contributed by atoms with Crippen molar-refractivity contribution in [1.82, 2.24) is 4.90 Å². The fourth-order valence-electron chi connectivity index (χ4n) is 4.75. The van der Waals surface area contributed by atoms with Crippen LogP contribution in [0.15, 0.2) is 53.4 Å². The van der Waals surface area contributed by atoms with Crippen LogP contribution in [0.4, 0.5) is 11.4 Å². The van der Waals surface area contributed by atoms with E-state index in [9.17, 15) is 19.2 Å². The van der Waals surface area contributed by atoms with Crippen LogP contribution >= 0.6 is 11.8 Å². The van der Waals surface area contributed by atoms with E-state index in [-0.39, 0.29) is 36.5 Å². The van der Waals surface area contributed by atoms with Gasteiger partial charge in [0, 0.05) is 23.8 Å². The minimum absolute atomic E-state index is 0.0929. The zero-order chi connectivity index (χ0) is 24.6. The molecule has 10 heteroatoms. The summed E-state index contributed by atoms with van der Waals surface area (Å²) in [5, 5.41) is 11.5. The van der Waals surface area contributed by atoms with E-state index < -0.39 is 24.1 Å². The van der Waals surface area contributed by atoms with Gasteiger partial charge in [0.1, 0.15) is 0 Å². The Morgan fingerprint density at radius 1 is 1.14 bits per heavy atom. The predicted molar refractivity (Wildman–Crippen MR) is 127 cm³/mol. The summed E-state index contributed by atoms with van der Waals surface area (Å²) in [7, 11) is 0. The van der Waals surface area contributed by atoms with E-state index in [1.165, 1.54) is 21.6 Å². The van der Waals surface area contributed by atoms with Crippen molar-refractivity contribution in [3.05, 3.63) is 54.1 Å². The first-order chi connectivity index (χ1) is 17.0. The van der Waals surface area contributed by atoms with Crippen molar-refractivity contribution in [2.75, 3.05) is 22.6 Å². The highest BCUT2D eigenvalue weighted by molar-refractivity contribution is 7.99. The summed E-state index contributed by atoms with van der Waals surface area (Å²) in [6.45, 7) is -0.575. The second kappa shape index (κ2) is 9.07. The summed E-state index contributed by atoms with van der Waals surface area (Å²) >= 11 is 1.28. The molecule has 2 fully saturated rings. The number of fused-ring (bicyclic) bond motifs is 3. The van der Waals surface area contributed by atoms with Gasteiger partial charge in [-0.1, -0.05) is 24.3 Å². The maximum Gasteiger partial charge on any atom is 0.354 e. The fourth-order valence-corrected chi connectivity index (χ4v) is 5.42. The molecule has 0 radical (unpaired) electrons. The van der Waals surface area contributed by atoms with E-state index in [1.807, 2.05) is 6.07 Å². The number of amides is 3. The largest absolute Gasteiger partial charge is 0.452 e. The Balaban J connectivity index is 1.38. The lowest BCUT2D eigenvalue weighted by Gasteiger charge is -2.48. The Kier molecular flexibility index (Phi) is 5.94. The summed E-state index contributed by atoms with van der Waals surface area (Å²) in [6, 6.07) is 15.7. The van der Waals surface area contributed by atoms with E-state index in [2.05, 4.69) is 5.32 Å². The number of nitrogens with zero attached hydrogens (tertiary/aromatic N) is 3. The lowest BCUT2D eigenvalue weighted by Crippen LogP contribution is -2.69. The number of hydrogen-bond acceptors (Lipinski definition) is 7. The average Bonchev–Trinajstić information content (AvgIpc) is 3.64. The fraction of sp³-hybridized carbons (Fsp3) is 0.320. The molecule has 1 N–H and O–H groups in total. The maximum atomic E-state index is 13.6. The third-order valence-electron chi connectivity index (χ3n) is 6.33. The summed E-state index contributed by atoms with van der Waals surface area (Å²) < 4.78 is 5.46. The van der Waals surface area contributed by atoms with E-state index in [0.29, 0.717) is 21.8 Å². The normalized spacial score (nSPS) is 20.7. The highest BCUT2D eigenvalue weighted by atomic mass is 32.2. The van der Waals surface area contributed by atoms with Gasteiger partial charge in [-0.25, -0.2) is 4.79 Å². The van der Waals surface area contributed by atoms with Crippen LogP contribution in [-0.2, 0) is 19.1 Å². The topological polar surface area (TPSA) is 120 Å². The maximum absolute atomic E-state index is 13.6. The summed E-state index contributed by atoms with van der Waals surface area (Å²) in [4.78, 5) is 56.2. The molecule has 35 heavy (non-hydrogen) atoms. The van der Waals surface area contributed by atoms with Gasteiger partial charge < -0.3 is 15.0 Å². The number of carbonyl (C=O) groups excluding carboxylic acids is 4. The molecular weight excluding hydrogens is 468 g/mol. The monoisotopic (exact) mass is 490 g/mol. The van der Waals surface area contributed by atoms with Gasteiger partial charge in [0.15, 0.2) is 6.61 Å². The number of carbonyl (C=O) groups is 4. The van der Waals surface area contributed by atoms with Gasteiger partial charge in [-0.15, -0.1) is 11.8 Å². The molecule has 3 aliphatic rings. The number of ether oxygens (including phenoxy) is 1. The van der Waals surface area contributed by atoms with Crippen molar-refractivity contribution < 1.29 is 23.9 Å². The molecule has 0 unspecified atom stereocenters. The second-order valence-corrected chi connectivity index (χ2v) is 9.55. The Morgan fingerprint density at radius 2 is 1.89 bits per heavy atom. The van der Waals surface area contributed by atoms with Crippen LogP contribution in [0.3, 0.4) is 0 Å². The molecule has 5 rings (SSSR count). The van der Waals surface area contributed by atoms with Crippen molar-refractivity contribution in [2.24, 2.45) is 0 Å². The van der Waals surface area contributed by atoms with Crippen LogP contribution in [0.25, 0.3) is 0 Å². The Morgan fingerprint density at radius 3 is 2.66 bits per heavy atom. The molecule has 1 atom stereocenters. The number of nitrogens with one attached hydrogen (secondary N) is 1. The molecule has 1 saturated carbocycles. The molecule has 2 aromatic carbocycles. The van der Waals surface area contributed by atoms with Crippen molar-refractivity contribution in [3.63, 3.8) is 0 Å². The molecule has 1 saturated heterocycles. The summed E-state index contributed by atoms with van der Waals surface area (Å²) in [5.74, 6) is -1.70. The zero-order valence-electron chi connectivity index (χ0n) is 18.7. The van der Waals surface area contributed by atoms with Crippen LogP contribution < -0.4 is 10.2 Å². The Labute approximate surface area is 206 Å². The second-order valence-electron chi connectivity index (χ2n) is 8.54. The molecule has 1 aliphatic carbocycles. The highest BCUT2D eigenvalue weighted by Crippen LogP contribution is 2.49. The third kappa shape index (κ3) is 3.91. The molecule has 2 heterocycles. The van der Waals surface area contributed by atoms with Crippen LogP contribution in [0.5, 0.6) is 0 Å². The molecule has 2 aliphatic heterocycles. The van der Waals surface area contributed by atoms with Gasteiger partial charge >= 0.3 is 5.97 Å². The third-order valence-corrected chi connectivity index (χ3v) is 7.27. The van der Waals surface area contributed by atoms with E-state index in [0.717, 1.165) is 12.8 Å². The number of nitriles is 1. The SMILES string of the molecule is N#CCSc1ccccc1NC(=O)COC(=O)[C@]12CCC(=O)N1c1ccccc1C(=O)N2C1CC1. The quantitative estimate of drug-likeness (QED) is 0.468. The molecule has 178 valence electrons. The van der Waals surface area contributed by atoms with E-state index in [1.54, 1.807) is 48.5 Å². The predicted octanol–water partition coefficient (Wildman–Crippen LogP) is 2.93. The number of anilines is 2. The number of benzene rings is 2. The van der Waals surface area contributed by atoms with Crippen molar-refractivity contribution in [1.29, 1.82) is 5.26 Å². The van der Waals surface area contributed by atoms with E-state index in [4.69, 9.17) is 10.00 Å². The standard InChI is InChI=1S/C25H22N4O5S/c26-13-14-35-20-8-4-2-6-18(20)27-21(30)15-34-24(33)25-12-11-22(31)29(25)19-7-3-1-5-17(19)23(32)28(25)16-9-10-16/h1-8,16H,9-12,14-15H2,(H,27,30)/t25-/m0/s1. The van der Waals surface area contributed by atoms with E-state index >= 15 is 0 Å².